The van der Waals surface area contributed by atoms with E-state index in [1.165, 1.54) is 18.3 Å². The minimum atomic E-state index is -3.30. The Morgan fingerprint density at radius 1 is 0.898 bits per heavy atom. The molecule has 0 aliphatic carbocycles. The van der Waals surface area contributed by atoms with Gasteiger partial charge in [0.2, 0.25) is 5.88 Å². The Bertz CT molecular complexity index is 1770. The van der Waals surface area contributed by atoms with Gasteiger partial charge in [0.1, 0.15) is 23.2 Å². The average molecular weight is 686 g/mol. The fraction of sp³-hybridized carbons (Fsp3) is 0.400. The van der Waals surface area contributed by atoms with Crippen LogP contribution in [0.4, 0.5) is 0 Å². The molecule has 1 amide bonds. The highest BCUT2D eigenvalue weighted by Crippen LogP contribution is 2.32. The SMILES string of the molecule is Cc1nc(O)c2c(CCc3ccc(C(=O)N[C@@H](CCC(=O)O)C(=O)C(C[C@H](N)C(=O)O)(C(=O)O)C(=O)[C@@H](N)CCC(=O)O)nc3)c[nH]c2n1. The lowest BCUT2D eigenvalue weighted by atomic mass is 9.69. The number of carboxylic acid groups (broad SMARTS) is 4. The predicted octanol–water partition coefficient (Wildman–Crippen LogP) is -0.681. The summed E-state index contributed by atoms with van der Waals surface area (Å²) in [6.07, 6.45) is -0.366. The molecule has 0 radical (unpaired) electrons. The van der Waals surface area contributed by atoms with E-state index >= 15 is 0 Å². The smallest absolute Gasteiger partial charge is 0.325 e. The van der Waals surface area contributed by atoms with E-state index in [4.69, 9.17) is 16.6 Å². The molecule has 0 bridgehead atoms. The average Bonchev–Trinajstić information content (AvgIpc) is 3.45. The molecule has 0 spiro atoms. The third-order valence-corrected chi connectivity index (χ3v) is 7.77. The van der Waals surface area contributed by atoms with Gasteiger partial charge in [0.05, 0.1) is 17.5 Å². The largest absolute Gasteiger partial charge is 0.493 e. The second-order valence-corrected chi connectivity index (χ2v) is 11.3. The number of Topliss-reactive ketones (excluding diaryl/α,β-unsaturated/α-hetero) is 2. The number of aliphatic carboxylic acids is 4. The fourth-order valence-electron chi connectivity index (χ4n) is 5.20. The summed E-state index contributed by atoms with van der Waals surface area (Å²) >= 11 is 0. The zero-order valence-electron chi connectivity index (χ0n) is 26.1. The first kappa shape index (κ1) is 37.6. The quantitative estimate of drug-likeness (QED) is 0.0705. The predicted molar refractivity (Wildman–Crippen MR) is 165 cm³/mol. The van der Waals surface area contributed by atoms with Gasteiger partial charge in [-0.25, -0.2) is 4.98 Å². The van der Waals surface area contributed by atoms with E-state index in [-0.39, 0.29) is 11.6 Å². The summed E-state index contributed by atoms with van der Waals surface area (Å²) < 4.78 is 0. The normalized spacial score (nSPS) is 14.3. The molecule has 19 heteroatoms. The number of aryl methyl sites for hydroxylation is 3. The van der Waals surface area contributed by atoms with Gasteiger partial charge in [-0.05, 0) is 49.8 Å². The van der Waals surface area contributed by atoms with Gasteiger partial charge in [-0.15, -0.1) is 0 Å². The summed E-state index contributed by atoms with van der Waals surface area (Å²) in [6, 6.07) is -3.17. The van der Waals surface area contributed by atoms with Crippen LogP contribution < -0.4 is 16.8 Å². The number of aromatic nitrogens is 4. The number of nitrogens with one attached hydrogen (secondary N) is 2. The summed E-state index contributed by atoms with van der Waals surface area (Å²) in [6.45, 7) is 1.63. The lowest BCUT2D eigenvalue weighted by Crippen LogP contribution is -2.61. The Labute approximate surface area is 276 Å². The molecule has 3 aromatic rings. The molecule has 11 N–H and O–H groups in total. The molecule has 0 aliphatic heterocycles. The molecule has 3 aromatic heterocycles. The van der Waals surface area contributed by atoms with Crippen LogP contribution in [0.2, 0.25) is 0 Å². The molecule has 262 valence electrons. The molecular weight excluding hydrogens is 650 g/mol. The maximum absolute atomic E-state index is 13.9. The molecule has 0 fully saturated rings. The van der Waals surface area contributed by atoms with E-state index < -0.39 is 97.0 Å². The maximum Gasteiger partial charge on any atom is 0.325 e. The molecular formula is C30H35N7O12. The highest BCUT2D eigenvalue weighted by atomic mass is 16.4. The lowest BCUT2D eigenvalue weighted by molar-refractivity contribution is -0.162. The molecule has 3 rings (SSSR count). The van der Waals surface area contributed by atoms with Crippen molar-refractivity contribution in [2.75, 3.05) is 0 Å². The highest BCUT2D eigenvalue weighted by Gasteiger charge is 2.57. The first-order valence-corrected chi connectivity index (χ1v) is 14.8. The number of pyridine rings is 1. The van der Waals surface area contributed by atoms with Crippen LogP contribution in [0.5, 0.6) is 5.88 Å². The van der Waals surface area contributed by atoms with Crippen LogP contribution in [0.3, 0.4) is 0 Å². The molecule has 0 aromatic carbocycles. The van der Waals surface area contributed by atoms with Crippen molar-refractivity contribution >= 4 is 52.4 Å². The van der Waals surface area contributed by atoms with Crippen LogP contribution >= 0.6 is 0 Å². The molecule has 0 aliphatic rings. The molecule has 49 heavy (non-hydrogen) atoms. The van der Waals surface area contributed by atoms with Crippen molar-refractivity contribution in [1.29, 1.82) is 0 Å². The first-order valence-electron chi connectivity index (χ1n) is 14.8. The summed E-state index contributed by atoms with van der Waals surface area (Å²) in [5.74, 6) is -10.8. The number of nitrogens with two attached hydrogens (primary N) is 2. The number of carboxylic acids is 4. The van der Waals surface area contributed by atoms with E-state index in [1.807, 2.05) is 0 Å². The second kappa shape index (κ2) is 15.8. The number of ketones is 2. The number of aromatic hydroxyl groups is 1. The Hall–Kier alpha value is -5.82. The zero-order chi connectivity index (χ0) is 36.6. The third-order valence-electron chi connectivity index (χ3n) is 7.77. The molecule has 0 saturated heterocycles. The molecule has 3 heterocycles. The van der Waals surface area contributed by atoms with Crippen LogP contribution in [0, 0.1) is 12.3 Å². The van der Waals surface area contributed by atoms with Crippen molar-refractivity contribution in [3.8, 4) is 5.88 Å². The van der Waals surface area contributed by atoms with Crippen LogP contribution in [-0.2, 0) is 41.6 Å². The van der Waals surface area contributed by atoms with E-state index in [9.17, 15) is 54.0 Å². The van der Waals surface area contributed by atoms with Gasteiger partial charge in [0.15, 0.2) is 17.0 Å². The van der Waals surface area contributed by atoms with Crippen LogP contribution in [0.25, 0.3) is 11.0 Å². The summed E-state index contributed by atoms with van der Waals surface area (Å²) in [5, 5.41) is 50.7. The van der Waals surface area contributed by atoms with Crippen molar-refractivity contribution in [2.45, 2.75) is 70.0 Å². The van der Waals surface area contributed by atoms with Gasteiger partial charge in [0.25, 0.3) is 5.91 Å². The van der Waals surface area contributed by atoms with Gasteiger partial charge >= 0.3 is 23.9 Å². The highest BCUT2D eigenvalue weighted by molar-refractivity contribution is 6.25. The Morgan fingerprint density at radius 3 is 2.12 bits per heavy atom. The van der Waals surface area contributed by atoms with Crippen molar-refractivity contribution in [1.82, 2.24) is 25.3 Å². The number of rotatable bonds is 19. The number of carbonyl (C=O) groups is 7. The molecule has 0 saturated carbocycles. The number of H-pyrrole nitrogens is 1. The van der Waals surface area contributed by atoms with E-state index in [2.05, 4.69) is 25.3 Å². The van der Waals surface area contributed by atoms with Gasteiger partial charge in [-0.2, -0.15) is 4.98 Å². The number of hydrogen-bond donors (Lipinski definition) is 9. The molecule has 4 atom stereocenters. The summed E-state index contributed by atoms with van der Waals surface area (Å²) in [4.78, 5) is 103. The minimum Gasteiger partial charge on any atom is -0.493 e. The van der Waals surface area contributed by atoms with Crippen molar-refractivity contribution < 1.29 is 59.1 Å². The van der Waals surface area contributed by atoms with E-state index in [0.717, 1.165) is 5.56 Å². The van der Waals surface area contributed by atoms with Gasteiger partial charge in [-0.3, -0.25) is 38.5 Å². The van der Waals surface area contributed by atoms with Gasteiger partial charge in [-0.1, -0.05) is 6.07 Å². The summed E-state index contributed by atoms with van der Waals surface area (Å²) in [5.41, 5.74) is 9.56. The lowest BCUT2D eigenvalue weighted by Gasteiger charge is -2.33. The van der Waals surface area contributed by atoms with Crippen LogP contribution in [0.1, 0.15) is 59.5 Å². The number of aromatic amines is 1. The standard InChI is InChI=1S/C30H35N7O12/c1-13-35-25-22(27(45)36-13)15(12-34-25)4-2-14-3-6-19(33-11-14)26(44)37-18(7-9-21(40)41)24(43)30(29(48)49,10-17(32)28(46)47)23(42)16(31)5-8-20(38)39/h3,6,11-12,16-18H,2,4-5,7-10,31-32H2,1H3,(H,37,44)(H,38,39)(H,40,41)(H,46,47)(H,48,49)(H2,34,35,36,45)/t16-,17-,18-,30?/m0/s1. The zero-order valence-corrected chi connectivity index (χ0v) is 26.1. The van der Waals surface area contributed by atoms with Crippen molar-refractivity contribution in [3.63, 3.8) is 0 Å². The van der Waals surface area contributed by atoms with Crippen molar-refractivity contribution in [3.05, 3.63) is 47.2 Å². The first-order chi connectivity index (χ1) is 23.0. The minimum absolute atomic E-state index is 0.184. The number of nitrogens with zero attached hydrogens (tertiary/aromatic N) is 3. The Balaban J connectivity index is 1.88. The monoisotopic (exact) mass is 685 g/mol. The molecule has 1 unspecified atom stereocenters. The van der Waals surface area contributed by atoms with Gasteiger partial charge in [0, 0.05) is 31.7 Å². The van der Waals surface area contributed by atoms with Crippen LogP contribution in [0.15, 0.2) is 24.5 Å². The third kappa shape index (κ3) is 8.96. The van der Waals surface area contributed by atoms with Gasteiger partial charge < -0.3 is 47.3 Å². The van der Waals surface area contributed by atoms with E-state index in [0.29, 0.717) is 35.3 Å². The number of amides is 1. The Morgan fingerprint density at radius 2 is 1.55 bits per heavy atom. The maximum atomic E-state index is 13.9. The second-order valence-electron chi connectivity index (χ2n) is 11.3. The van der Waals surface area contributed by atoms with Crippen LogP contribution in [-0.4, -0.2) is 105 Å². The number of hydrogen-bond acceptors (Lipinski definition) is 13. The number of fused-ring (bicyclic) bond motifs is 1. The summed E-state index contributed by atoms with van der Waals surface area (Å²) in [7, 11) is 0. The fourth-order valence-corrected chi connectivity index (χ4v) is 5.20. The molecule has 19 nitrogen and oxygen atoms in total. The Kier molecular flexibility index (Phi) is 12.2. The van der Waals surface area contributed by atoms with E-state index in [1.54, 1.807) is 13.1 Å². The number of carbonyl (C=O) groups excluding carboxylic acids is 3. The topological polar surface area (TPSA) is 339 Å². The van der Waals surface area contributed by atoms with Crippen molar-refractivity contribution in [2.24, 2.45) is 16.9 Å².